The van der Waals surface area contributed by atoms with Crippen molar-refractivity contribution in [1.29, 1.82) is 0 Å². The zero-order valence-corrected chi connectivity index (χ0v) is 8.79. The minimum Gasteiger partial charge on any atom is -0.368 e. The number of nitrogens with zero attached hydrogens (tertiary/aromatic N) is 1. The van der Waals surface area contributed by atoms with Crippen LogP contribution in [0, 0.1) is 0 Å². The topological polar surface area (TPSA) is 46.3 Å². The average molecular weight is 213 g/mol. The number of hydrogen-bond donors (Lipinski definition) is 1. The molecular formula is C10H13ClN2O. The maximum atomic E-state index is 10.8. The Hall–Kier alpha value is -1.22. The monoisotopic (exact) mass is 212 g/mol. The number of rotatable bonds is 4. The first kappa shape index (κ1) is 10.9. The first-order valence-electron chi connectivity index (χ1n) is 4.43. The SMILES string of the molecule is CCN(CC(N)=O)c1ccccc1Cl. The Morgan fingerprint density at radius 1 is 1.50 bits per heavy atom. The molecule has 2 N–H and O–H groups in total. The Kier molecular flexibility index (Phi) is 3.77. The zero-order chi connectivity index (χ0) is 10.6. The normalized spacial score (nSPS) is 9.86. The van der Waals surface area contributed by atoms with Gasteiger partial charge in [0.2, 0.25) is 5.91 Å². The van der Waals surface area contributed by atoms with Gasteiger partial charge in [-0.05, 0) is 19.1 Å². The van der Waals surface area contributed by atoms with Crippen LogP contribution >= 0.6 is 11.6 Å². The van der Waals surface area contributed by atoms with Gasteiger partial charge in [-0.25, -0.2) is 0 Å². The Morgan fingerprint density at radius 3 is 2.64 bits per heavy atom. The molecule has 0 unspecified atom stereocenters. The molecule has 1 aromatic rings. The van der Waals surface area contributed by atoms with Gasteiger partial charge < -0.3 is 10.6 Å². The van der Waals surface area contributed by atoms with E-state index in [1.807, 2.05) is 30.0 Å². The third-order valence-electron chi connectivity index (χ3n) is 1.92. The quantitative estimate of drug-likeness (QED) is 0.825. The van der Waals surface area contributed by atoms with Gasteiger partial charge in [-0.1, -0.05) is 23.7 Å². The van der Waals surface area contributed by atoms with Gasteiger partial charge in [-0.3, -0.25) is 4.79 Å². The second-order valence-corrected chi connectivity index (χ2v) is 3.34. The van der Waals surface area contributed by atoms with E-state index in [9.17, 15) is 4.79 Å². The highest BCUT2D eigenvalue weighted by Crippen LogP contribution is 2.24. The number of anilines is 1. The van der Waals surface area contributed by atoms with Crippen molar-refractivity contribution in [3.63, 3.8) is 0 Å². The number of nitrogens with two attached hydrogens (primary N) is 1. The molecule has 0 aliphatic rings. The number of carbonyl (C=O) groups excluding carboxylic acids is 1. The molecule has 0 radical (unpaired) electrons. The van der Waals surface area contributed by atoms with Crippen LogP contribution in [0.1, 0.15) is 6.92 Å². The van der Waals surface area contributed by atoms with Crippen LogP contribution in [0.25, 0.3) is 0 Å². The number of carbonyl (C=O) groups is 1. The van der Waals surface area contributed by atoms with Crippen LogP contribution in [0.5, 0.6) is 0 Å². The lowest BCUT2D eigenvalue weighted by Gasteiger charge is -2.22. The minimum absolute atomic E-state index is 0.195. The van der Waals surface area contributed by atoms with Gasteiger partial charge in [0.25, 0.3) is 0 Å². The summed E-state index contributed by atoms with van der Waals surface area (Å²) in [4.78, 5) is 12.6. The summed E-state index contributed by atoms with van der Waals surface area (Å²) < 4.78 is 0. The van der Waals surface area contributed by atoms with Crippen LogP contribution in [0.4, 0.5) is 5.69 Å². The number of benzene rings is 1. The molecule has 0 atom stereocenters. The summed E-state index contributed by atoms with van der Waals surface area (Å²) in [5, 5.41) is 0.635. The molecule has 1 rings (SSSR count). The Bertz CT molecular complexity index is 328. The van der Waals surface area contributed by atoms with Gasteiger partial charge >= 0.3 is 0 Å². The van der Waals surface area contributed by atoms with E-state index >= 15 is 0 Å². The number of halogens is 1. The molecule has 3 nitrogen and oxygen atoms in total. The summed E-state index contributed by atoms with van der Waals surface area (Å²) in [5.41, 5.74) is 5.98. The van der Waals surface area contributed by atoms with E-state index in [4.69, 9.17) is 17.3 Å². The Morgan fingerprint density at radius 2 is 2.14 bits per heavy atom. The Balaban J connectivity index is 2.89. The van der Waals surface area contributed by atoms with E-state index in [0.29, 0.717) is 11.6 Å². The van der Waals surface area contributed by atoms with Gasteiger partial charge in [-0.15, -0.1) is 0 Å². The van der Waals surface area contributed by atoms with E-state index in [1.165, 1.54) is 0 Å². The number of likely N-dealkylation sites (N-methyl/N-ethyl adjacent to an activating group) is 1. The van der Waals surface area contributed by atoms with E-state index < -0.39 is 0 Å². The van der Waals surface area contributed by atoms with Crippen molar-refractivity contribution < 1.29 is 4.79 Å². The molecule has 1 aromatic carbocycles. The fraction of sp³-hybridized carbons (Fsp3) is 0.300. The van der Waals surface area contributed by atoms with Crippen LogP contribution < -0.4 is 10.6 Å². The molecule has 0 fully saturated rings. The lowest BCUT2D eigenvalue weighted by Crippen LogP contribution is -2.33. The molecule has 0 heterocycles. The van der Waals surface area contributed by atoms with Gasteiger partial charge in [-0.2, -0.15) is 0 Å². The average Bonchev–Trinajstić information content (AvgIpc) is 2.15. The fourth-order valence-corrected chi connectivity index (χ4v) is 1.52. The predicted octanol–water partition coefficient (Wildman–Crippen LogP) is 1.65. The fourth-order valence-electron chi connectivity index (χ4n) is 1.26. The molecule has 0 aromatic heterocycles. The van der Waals surface area contributed by atoms with Gasteiger partial charge in [0.05, 0.1) is 17.3 Å². The maximum Gasteiger partial charge on any atom is 0.236 e. The van der Waals surface area contributed by atoms with Crippen molar-refractivity contribution in [2.45, 2.75) is 6.92 Å². The lowest BCUT2D eigenvalue weighted by molar-refractivity contribution is -0.116. The largest absolute Gasteiger partial charge is 0.368 e. The standard InChI is InChI=1S/C10H13ClN2O/c1-2-13(7-10(12)14)9-6-4-3-5-8(9)11/h3-6H,2,7H2,1H3,(H2,12,14). The van der Waals surface area contributed by atoms with Crippen LogP contribution in [-0.4, -0.2) is 19.0 Å². The third kappa shape index (κ3) is 2.64. The van der Waals surface area contributed by atoms with Crippen molar-refractivity contribution in [1.82, 2.24) is 0 Å². The molecule has 76 valence electrons. The molecule has 0 aliphatic heterocycles. The van der Waals surface area contributed by atoms with E-state index in [1.54, 1.807) is 6.07 Å². The van der Waals surface area contributed by atoms with Crippen LogP contribution in [-0.2, 0) is 4.79 Å². The molecule has 1 amide bonds. The minimum atomic E-state index is -0.355. The lowest BCUT2D eigenvalue weighted by atomic mass is 10.3. The molecule has 4 heteroatoms. The summed E-state index contributed by atoms with van der Waals surface area (Å²) in [6.07, 6.45) is 0. The van der Waals surface area contributed by atoms with Crippen LogP contribution in [0.15, 0.2) is 24.3 Å². The Labute approximate surface area is 88.5 Å². The first-order chi connectivity index (χ1) is 6.65. The highest BCUT2D eigenvalue weighted by Gasteiger charge is 2.09. The summed E-state index contributed by atoms with van der Waals surface area (Å²) in [5.74, 6) is -0.355. The molecular weight excluding hydrogens is 200 g/mol. The smallest absolute Gasteiger partial charge is 0.236 e. The van der Waals surface area contributed by atoms with Crippen molar-refractivity contribution in [2.75, 3.05) is 18.0 Å². The van der Waals surface area contributed by atoms with E-state index in [2.05, 4.69) is 0 Å². The third-order valence-corrected chi connectivity index (χ3v) is 2.24. The molecule has 0 bridgehead atoms. The number of primary amides is 1. The molecule has 0 spiro atoms. The molecule has 0 saturated heterocycles. The second kappa shape index (κ2) is 4.86. The molecule has 14 heavy (non-hydrogen) atoms. The number of amides is 1. The van der Waals surface area contributed by atoms with Gasteiger partial charge in [0.1, 0.15) is 0 Å². The molecule has 0 aliphatic carbocycles. The summed E-state index contributed by atoms with van der Waals surface area (Å²) >= 11 is 5.99. The summed E-state index contributed by atoms with van der Waals surface area (Å²) in [6, 6.07) is 7.39. The molecule has 0 saturated carbocycles. The zero-order valence-electron chi connectivity index (χ0n) is 8.03. The number of para-hydroxylation sites is 1. The van der Waals surface area contributed by atoms with Gasteiger partial charge in [0.15, 0.2) is 0 Å². The maximum absolute atomic E-state index is 10.8. The van der Waals surface area contributed by atoms with Crippen molar-refractivity contribution in [2.24, 2.45) is 5.73 Å². The van der Waals surface area contributed by atoms with E-state index in [-0.39, 0.29) is 12.5 Å². The van der Waals surface area contributed by atoms with Crippen LogP contribution in [0.2, 0.25) is 5.02 Å². The summed E-state index contributed by atoms with van der Waals surface area (Å²) in [7, 11) is 0. The highest BCUT2D eigenvalue weighted by molar-refractivity contribution is 6.33. The highest BCUT2D eigenvalue weighted by atomic mass is 35.5. The first-order valence-corrected chi connectivity index (χ1v) is 4.80. The van der Waals surface area contributed by atoms with E-state index in [0.717, 1.165) is 5.69 Å². The van der Waals surface area contributed by atoms with Gasteiger partial charge in [0, 0.05) is 6.54 Å². The van der Waals surface area contributed by atoms with Crippen molar-refractivity contribution >= 4 is 23.2 Å². The second-order valence-electron chi connectivity index (χ2n) is 2.93. The predicted molar refractivity (Wildman–Crippen MR) is 58.5 cm³/mol. The van der Waals surface area contributed by atoms with Crippen molar-refractivity contribution in [3.8, 4) is 0 Å². The van der Waals surface area contributed by atoms with Crippen LogP contribution in [0.3, 0.4) is 0 Å². The number of hydrogen-bond acceptors (Lipinski definition) is 2. The summed E-state index contributed by atoms with van der Waals surface area (Å²) in [6.45, 7) is 2.85. The van der Waals surface area contributed by atoms with Crippen molar-refractivity contribution in [3.05, 3.63) is 29.3 Å².